The van der Waals surface area contributed by atoms with Crippen molar-refractivity contribution in [2.75, 3.05) is 26.3 Å². The van der Waals surface area contributed by atoms with Crippen LogP contribution in [-0.2, 0) is 4.74 Å². The van der Waals surface area contributed by atoms with Crippen molar-refractivity contribution < 1.29 is 14.6 Å². The van der Waals surface area contributed by atoms with Gasteiger partial charge >= 0.3 is 6.09 Å². The van der Waals surface area contributed by atoms with Gasteiger partial charge in [-0.25, -0.2) is 4.79 Å². The van der Waals surface area contributed by atoms with Gasteiger partial charge in [0.1, 0.15) is 0 Å². The minimum atomic E-state index is -0.256. The molecule has 1 atom stereocenters. The monoisotopic (exact) mass is 173 g/mol. The predicted molar refractivity (Wildman–Crippen MR) is 43.8 cm³/mol. The highest BCUT2D eigenvalue weighted by Crippen LogP contribution is 2.15. The van der Waals surface area contributed by atoms with Crippen LogP contribution in [0, 0.1) is 5.92 Å². The lowest BCUT2D eigenvalue weighted by atomic mass is 10.1. The Bertz CT molecular complexity index is 160. The van der Waals surface area contributed by atoms with Crippen molar-refractivity contribution in [2.24, 2.45) is 5.92 Å². The van der Waals surface area contributed by atoms with Gasteiger partial charge in [0.25, 0.3) is 0 Å². The highest BCUT2D eigenvalue weighted by atomic mass is 16.6. The lowest BCUT2D eigenvalue weighted by molar-refractivity contribution is 0.112. The first-order valence-corrected chi connectivity index (χ1v) is 4.30. The third-order valence-corrected chi connectivity index (χ3v) is 2.07. The fourth-order valence-electron chi connectivity index (χ4n) is 1.36. The fraction of sp³-hybridized carbons (Fsp3) is 0.875. The van der Waals surface area contributed by atoms with E-state index in [0.717, 1.165) is 6.42 Å². The van der Waals surface area contributed by atoms with E-state index in [1.807, 2.05) is 0 Å². The second kappa shape index (κ2) is 4.30. The van der Waals surface area contributed by atoms with Crippen LogP contribution < -0.4 is 0 Å². The van der Waals surface area contributed by atoms with E-state index in [1.165, 1.54) is 0 Å². The van der Waals surface area contributed by atoms with E-state index in [4.69, 9.17) is 9.84 Å². The van der Waals surface area contributed by atoms with E-state index < -0.39 is 0 Å². The maximum Gasteiger partial charge on any atom is 0.409 e. The Labute approximate surface area is 72.1 Å². The first-order chi connectivity index (χ1) is 5.77. The minimum Gasteiger partial charge on any atom is -0.450 e. The van der Waals surface area contributed by atoms with Crippen molar-refractivity contribution in [2.45, 2.75) is 13.3 Å². The van der Waals surface area contributed by atoms with Crippen molar-refractivity contribution in [1.29, 1.82) is 0 Å². The summed E-state index contributed by atoms with van der Waals surface area (Å²) in [4.78, 5) is 12.8. The topological polar surface area (TPSA) is 49.8 Å². The number of aliphatic hydroxyl groups excluding tert-OH is 1. The number of ether oxygens (including phenoxy) is 1. The molecule has 0 radical (unpaired) electrons. The van der Waals surface area contributed by atoms with E-state index in [-0.39, 0.29) is 18.6 Å². The SMILES string of the molecule is CCOC(=O)N1CCC(CO)C1. The number of rotatable bonds is 2. The molecule has 1 unspecified atom stereocenters. The van der Waals surface area contributed by atoms with Crippen LogP contribution in [0.15, 0.2) is 0 Å². The lowest BCUT2D eigenvalue weighted by Gasteiger charge is -2.14. The van der Waals surface area contributed by atoms with E-state index in [1.54, 1.807) is 11.8 Å². The maximum atomic E-state index is 11.1. The van der Waals surface area contributed by atoms with Crippen molar-refractivity contribution >= 4 is 6.09 Å². The van der Waals surface area contributed by atoms with Gasteiger partial charge in [0.05, 0.1) is 6.61 Å². The average molecular weight is 173 g/mol. The molecule has 0 aromatic carbocycles. The lowest BCUT2D eigenvalue weighted by Crippen LogP contribution is -2.29. The molecule has 1 heterocycles. The number of amides is 1. The Balaban J connectivity index is 2.31. The smallest absolute Gasteiger partial charge is 0.409 e. The molecule has 1 aliphatic heterocycles. The third-order valence-electron chi connectivity index (χ3n) is 2.07. The number of carbonyl (C=O) groups is 1. The second-order valence-corrected chi connectivity index (χ2v) is 2.98. The molecule has 0 aromatic heterocycles. The molecule has 0 bridgehead atoms. The molecule has 12 heavy (non-hydrogen) atoms. The van der Waals surface area contributed by atoms with Gasteiger partial charge in [-0.3, -0.25) is 0 Å². The van der Waals surface area contributed by atoms with Crippen LogP contribution in [0.1, 0.15) is 13.3 Å². The largest absolute Gasteiger partial charge is 0.450 e. The first kappa shape index (κ1) is 9.32. The Kier molecular flexibility index (Phi) is 3.34. The minimum absolute atomic E-state index is 0.163. The second-order valence-electron chi connectivity index (χ2n) is 2.98. The predicted octanol–water partition coefficient (Wildman–Crippen LogP) is 0.457. The standard InChI is InChI=1S/C8H15NO3/c1-2-12-8(11)9-4-3-7(5-9)6-10/h7,10H,2-6H2,1H3. The van der Waals surface area contributed by atoms with Crippen molar-refractivity contribution in [1.82, 2.24) is 4.90 Å². The van der Waals surface area contributed by atoms with Gasteiger partial charge in [0.15, 0.2) is 0 Å². The molecule has 4 heteroatoms. The summed E-state index contributed by atoms with van der Waals surface area (Å²) < 4.78 is 4.82. The summed E-state index contributed by atoms with van der Waals surface area (Å²) >= 11 is 0. The van der Waals surface area contributed by atoms with Crippen LogP contribution in [0.2, 0.25) is 0 Å². The van der Waals surface area contributed by atoms with Crippen LogP contribution >= 0.6 is 0 Å². The first-order valence-electron chi connectivity index (χ1n) is 4.30. The van der Waals surface area contributed by atoms with E-state index in [2.05, 4.69) is 0 Å². The van der Waals surface area contributed by atoms with Gasteiger partial charge in [-0.2, -0.15) is 0 Å². The average Bonchev–Trinajstić information content (AvgIpc) is 2.52. The zero-order chi connectivity index (χ0) is 8.97. The molecule has 4 nitrogen and oxygen atoms in total. The molecule has 0 aromatic rings. The number of hydrogen-bond donors (Lipinski definition) is 1. The Morgan fingerprint density at radius 2 is 2.50 bits per heavy atom. The van der Waals surface area contributed by atoms with Crippen molar-refractivity contribution in [3.63, 3.8) is 0 Å². The maximum absolute atomic E-state index is 11.1. The molecular weight excluding hydrogens is 158 g/mol. The quantitative estimate of drug-likeness (QED) is 0.660. The molecule has 1 rings (SSSR count). The molecule has 70 valence electrons. The molecule has 1 fully saturated rings. The molecule has 1 N–H and O–H groups in total. The number of aliphatic hydroxyl groups is 1. The summed E-state index contributed by atoms with van der Waals surface area (Å²) in [7, 11) is 0. The number of hydrogen-bond acceptors (Lipinski definition) is 3. The van der Waals surface area contributed by atoms with E-state index in [9.17, 15) is 4.79 Å². The summed E-state index contributed by atoms with van der Waals surface area (Å²) in [6.07, 6.45) is 0.628. The van der Waals surface area contributed by atoms with Crippen molar-refractivity contribution in [3.8, 4) is 0 Å². The third kappa shape index (κ3) is 2.11. The highest BCUT2D eigenvalue weighted by Gasteiger charge is 2.26. The Hall–Kier alpha value is -0.770. The number of nitrogens with zero attached hydrogens (tertiary/aromatic N) is 1. The summed E-state index contributed by atoms with van der Waals surface area (Å²) in [5.74, 6) is 0.245. The molecule has 0 aliphatic carbocycles. The van der Waals surface area contributed by atoms with Crippen molar-refractivity contribution in [3.05, 3.63) is 0 Å². The molecular formula is C8H15NO3. The Morgan fingerprint density at radius 1 is 1.75 bits per heavy atom. The number of carbonyl (C=O) groups excluding carboxylic acids is 1. The van der Waals surface area contributed by atoms with Gasteiger partial charge in [-0.05, 0) is 13.3 Å². The van der Waals surface area contributed by atoms with Gasteiger partial charge < -0.3 is 14.7 Å². The van der Waals surface area contributed by atoms with Gasteiger partial charge in [0.2, 0.25) is 0 Å². The summed E-state index contributed by atoms with van der Waals surface area (Å²) in [5.41, 5.74) is 0. The van der Waals surface area contributed by atoms with Crippen LogP contribution in [0.5, 0.6) is 0 Å². The summed E-state index contributed by atoms with van der Waals surface area (Å²) in [5, 5.41) is 8.82. The molecule has 1 amide bonds. The van der Waals surface area contributed by atoms with E-state index in [0.29, 0.717) is 19.7 Å². The zero-order valence-electron chi connectivity index (χ0n) is 7.32. The Morgan fingerprint density at radius 3 is 3.00 bits per heavy atom. The number of likely N-dealkylation sites (tertiary alicyclic amines) is 1. The normalized spacial score (nSPS) is 22.8. The van der Waals surface area contributed by atoms with E-state index >= 15 is 0 Å². The fourth-order valence-corrected chi connectivity index (χ4v) is 1.36. The molecule has 0 spiro atoms. The van der Waals surface area contributed by atoms with Crippen LogP contribution in [0.25, 0.3) is 0 Å². The zero-order valence-corrected chi connectivity index (χ0v) is 7.32. The van der Waals surface area contributed by atoms with Crippen LogP contribution in [-0.4, -0.2) is 42.4 Å². The van der Waals surface area contributed by atoms with Crippen LogP contribution in [0.4, 0.5) is 4.79 Å². The summed E-state index contributed by atoms with van der Waals surface area (Å²) in [6.45, 7) is 3.71. The highest BCUT2D eigenvalue weighted by molar-refractivity contribution is 5.67. The van der Waals surface area contributed by atoms with Gasteiger partial charge in [-0.1, -0.05) is 0 Å². The van der Waals surface area contributed by atoms with Crippen LogP contribution in [0.3, 0.4) is 0 Å². The van der Waals surface area contributed by atoms with Gasteiger partial charge in [-0.15, -0.1) is 0 Å². The van der Waals surface area contributed by atoms with Gasteiger partial charge in [0, 0.05) is 25.6 Å². The summed E-state index contributed by atoms with van der Waals surface area (Å²) in [6, 6.07) is 0. The molecule has 1 aliphatic rings. The molecule has 0 saturated carbocycles. The molecule has 1 saturated heterocycles.